The zero-order valence-electron chi connectivity index (χ0n) is 20.3. The van der Waals surface area contributed by atoms with Crippen molar-refractivity contribution in [3.63, 3.8) is 0 Å². The molecule has 5 nitrogen and oxygen atoms in total. The molecule has 4 aliphatic rings. The molecule has 1 aliphatic heterocycles. The number of rotatable bonds is 3. The molecule has 0 radical (unpaired) electrons. The molecule has 1 heterocycles. The Morgan fingerprint density at radius 2 is 1.27 bits per heavy atom. The second-order valence-corrected chi connectivity index (χ2v) is 12.1. The quantitative estimate of drug-likeness (QED) is 0.298. The van der Waals surface area contributed by atoms with Gasteiger partial charge in [-0.3, -0.25) is 19.3 Å². The molecule has 188 valence electrons. The fourth-order valence-electron chi connectivity index (χ4n) is 6.35. The van der Waals surface area contributed by atoms with Gasteiger partial charge in [0.2, 0.25) is 17.7 Å². The Labute approximate surface area is 233 Å². The van der Waals surface area contributed by atoms with Crippen molar-refractivity contribution in [3.05, 3.63) is 98.5 Å². The average molecular weight is 598 g/mol. The van der Waals surface area contributed by atoms with Gasteiger partial charge in [0, 0.05) is 10.2 Å². The van der Waals surface area contributed by atoms with Gasteiger partial charge < -0.3 is 5.32 Å². The predicted molar refractivity (Wildman–Crippen MR) is 147 cm³/mol. The molecule has 3 atom stereocenters. The van der Waals surface area contributed by atoms with Crippen LogP contribution >= 0.6 is 39.1 Å². The standard InChI is InChI=1S/C29H23BrCl2N2O3/c1-14-15(2)22(13-12-21(14)30)33-25(35)16(3)34-26(36)23-24(27(34)37)29(32)18-9-5-4-8-17(18)28(23,31)19-10-6-7-11-20(19)29/h4-13,16,23-24H,1-3H3,(H,33,35)/t16-,23-,24-,28?,29?/m0/s1. The molecule has 0 saturated carbocycles. The predicted octanol–water partition coefficient (Wildman–Crippen LogP) is 5.99. The first-order valence-electron chi connectivity index (χ1n) is 12.1. The largest absolute Gasteiger partial charge is 0.324 e. The molecule has 37 heavy (non-hydrogen) atoms. The lowest BCUT2D eigenvalue weighted by molar-refractivity contribution is -0.146. The van der Waals surface area contributed by atoms with Crippen molar-refractivity contribution in [1.82, 2.24) is 4.90 Å². The SMILES string of the molecule is Cc1c(Br)ccc(NC(=O)[C@H](C)N2C(=O)[C@@H]3[C@@H](C2=O)C2(Cl)c4ccccc4C3(Cl)c3ccccc32)c1C. The molecular weight excluding hydrogens is 575 g/mol. The lowest BCUT2D eigenvalue weighted by atomic mass is 9.54. The van der Waals surface area contributed by atoms with Crippen LogP contribution < -0.4 is 5.32 Å². The van der Waals surface area contributed by atoms with Crippen LogP contribution in [0.25, 0.3) is 0 Å². The molecule has 2 bridgehead atoms. The number of imide groups is 1. The Bertz CT molecular complexity index is 1420. The lowest BCUT2D eigenvalue weighted by Crippen LogP contribution is -2.57. The summed E-state index contributed by atoms with van der Waals surface area (Å²) in [6.07, 6.45) is 0. The maximum Gasteiger partial charge on any atom is 0.247 e. The zero-order chi connectivity index (χ0) is 26.4. The average Bonchev–Trinajstić information content (AvgIpc) is 3.18. The second kappa shape index (κ2) is 8.16. The highest BCUT2D eigenvalue weighted by Gasteiger charge is 2.73. The normalized spacial score (nSPS) is 28.0. The molecule has 1 N–H and O–H groups in total. The summed E-state index contributed by atoms with van der Waals surface area (Å²) >= 11 is 18.4. The monoisotopic (exact) mass is 596 g/mol. The molecule has 0 unspecified atom stereocenters. The first-order valence-corrected chi connectivity index (χ1v) is 13.6. The van der Waals surface area contributed by atoms with Crippen LogP contribution in [0.1, 0.15) is 40.3 Å². The third kappa shape index (κ3) is 3.01. The molecule has 0 aromatic heterocycles. The van der Waals surface area contributed by atoms with Crippen LogP contribution in [0.4, 0.5) is 5.69 Å². The number of nitrogens with one attached hydrogen (secondary N) is 1. The summed E-state index contributed by atoms with van der Waals surface area (Å²) in [6.45, 7) is 5.41. The molecule has 1 saturated heterocycles. The number of anilines is 1. The molecule has 1 fully saturated rings. The fraction of sp³-hybridized carbons (Fsp3) is 0.276. The highest BCUT2D eigenvalue weighted by Crippen LogP contribution is 2.69. The number of hydrogen-bond acceptors (Lipinski definition) is 3. The van der Waals surface area contributed by atoms with Gasteiger partial charge in [-0.2, -0.15) is 0 Å². The highest BCUT2D eigenvalue weighted by molar-refractivity contribution is 9.10. The Kier molecular flexibility index (Phi) is 5.44. The summed E-state index contributed by atoms with van der Waals surface area (Å²) in [5, 5.41) is 2.90. The minimum absolute atomic E-state index is 0.459. The highest BCUT2D eigenvalue weighted by atomic mass is 79.9. The zero-order valence-corrected chi connectivity index (χ0v) is 23.4. The van der Waals surface area contributed by atoms with E-state index in [9.17, 15) is 14.4 Å². The lowest BCUT2D eigenvalue weighted by Gasteiger charge is -2.54. The minimum Gasteiger partial charge on any atom is -0.324 e. The first kappa shape index (κ1) is 24.7. The summed E-state index contributed by atoms with van der Waals surface area (Å²) in [5.74, 6) is -3.29. The van der Waals surface area contributed by atoms with Crippen LogP contribution in [0.3, 0.4) is 0 Å². The number of halogens is 3. The topological polar surface area (TPSA) is 66.5 Å². The second-order valence-electron chi connectivity index (χ2n) is 10.0. The third-order valence-electron chi connectivity index (χ3n) is 8.37. The Morgan fingerprint density at radius 1 is 0.838 bits per heavy atom. The van der Waals surface area contributed by atoms with Crippen molar-refractivity contribution >= 4 is 62.5 Å². The first-order chi connectivity index (χ1) is 17.5. The van der Waals surface area contributed by atoms with Gasteiger partial charge in [0.1, 0.15) is 15.8 Å². The molecule has 3 aromatic carbocycles. The van der Waals surface area contributed by atoms with Crippen LogP contribution in [0.5, 0.6) is 0 Å². The molecule has 3 aromatic rings. The van der Waals surface area contributed by atoms with Crippen molar-refractivity contribution < 1.29 is 14.4 Å². The van der Waals surface area contributed by atoms with E-state index in [2.05, 4.69) is 21.2 Å². The molecule has 7 rings (SSSR count). The number of hydrogen-bond donors (Lipinski definition) is 1. The van der Waals surface area contributed by atoms with Crippen LogP contribution in [0.2, 0.25) is 0 Å². The smallest absolute Gasteiger partial charge is 0.247 e. The van der Waals surface area contributed by atoms with E-state index < -0.39 is 45.3 Å². The van der Waals surface area contributed by atoms with Crippen LogP contribution in [-0.2, 0) is 24.1 Å². The number of nitrogens with zero attached hydrogens (tertiary/aromatic N) is 1. The Balaban J connectivity index is 1.43. The Morgan fingerprint density at radius 3 is 1.70 bits per heavy atom. The van der Waals surface area contributed by atoms with Gasteiger partial charge in [0.25, 0.3) is 0 Å². The molecular formula is C29H23BrCl2N2O3. The maximum absolute atomic E-state index is 14.0. The van der Waals surface area contributed by atoms with Crippen LogP contribution in [0.15, 0.2) is 65.1 Å². The third-order valence-corrected chi connectivity index (χ3v) is 10.5. The van der Waals surface area contributed by atoms with E-state index in [4.69, 9.17) is 23.2 Å². The summed E-state index contributed by atoms with van der Waals surface area (Å²) < 4.78 is 0.930. The van der Waals surface area contributed by atoms with Gasteiger partial charge >= 0.3 is 0 Å². The van der Waals surface area contributed by atoms with E-state index in [1.807, 2.05) is 68.4 Å². The van der Waals surface area contributed by atoms with Crippen LogP contribution in [-0.4, -0.2) is 28.7 Å². The van der Waals surface area contributed by atoms with Gasteiger partial charge in [0.15, 0.2) is 0 Å². The molecule has 8 heteroatoms. The van der Waals surface area contributed by atoms with Crippen molar-refractivity contribution in [2.45, 2.75) is 36.6 Å². The van der Waals surface area contributed by atoms with Gasteiger partial charge in [-0.15, -0.1) is 23.2 Å². The summed E-state index contributed by atoms with van der Waals surface area (Å²) in [7, 11) is 0. The van der Waals surface area contributed by atoms with Gasteiger partial charge in [-0.25, -0.2) is 0 Å². The number of alkyl halides is 2. The number of amides is 3. The van der Waals surface area contributed by atoms with Crippen molar-refractivity contribution in [3.8, 4) is 0 Å². The van der Waals surface area contributed by atoms with Crippen molar-refractivity contribution in [2.24, 2.45) is 11.8 Å². The summed E-state index contributed by atoms with van der Waals surface area (Å²) in [6, 6.07) is 17.5. The van der Waals surface area contributed by atoms with Crippen molar-refractivity contribution in [1.29, 1.82) is 0 Å². The van der Waals surface area contributed by atoms with E-state index in [1.165, 1.54) is 0 Å². The number of benzene rings is 3. The van der Waals surface area contributed by atoms with E-state index in [-0.39, 0.29) is 0 Å². The van der Waals surface area contributed by atoms with E-state index in [0.717, 1.165) is 42.8 Å². The number of carbonyl (C=O) groups is 3. The Hall–Kier alpha value is -2.67. The molecule has 3 aliphatic carbocycles. The van der Waals surface area contributed by atoms with Gasteiger partial charge in [0.05, 0.1) is 11.8 Å². The number of likely N-dealkylation sites (tertiary alicyclic amines) is 1. The van der Waals surface area contributed by atoms with E-state index in [0.29, 0.717) is 5.69 Å². The number of carbonyl (C=O) groups excluding carboxylic acids is 3. The van der Waals surface area contributed by atoms with Gasteiger partial charge in [-0.05, 0) is 66.3 Å². The van der Waals surface area contributed by atoms with Crippen molar-refractivity contribution in [2.75, 3.05) is 5.32 Å². The van der Waals surface area contributed by atoms with E-state index in [1.54, 1.807) is 13.0 Å². The van der Waals surface area contributed by atoms with Crippen LogP contribution in [0, 0.1) is 25.7 Å². The molecule has 3 amide bonds. The summed E-state index contributed by atoms with van der Waals surface area (Å²) in [4.78, 5) is 40.0. The fourth-order valence-corrected chi connectivity index (χ4v) is 7.88. The van der Waals surface area contributed by atoms with E-state index >= 15 is 0 Å². The van der Waals surface area contributed by atoms with Gasteiger partial charge in [-0.1, -0.05) is 64.5 Å². The minimum atomic E-state index is -1.27. The summed E-state index contributed by atoms with van der Waals surface area (Å²) in [5.41, 5.74) is 5.42. The molecule has 0 spiro atoms. The maximum atomic E-state index is 14.0.